The third kappa shape index (κ3) is 3.01. The van der Waals surface area contributed by atoms with Crippen LogP contribution in [0.2, 0.25) is 0 Å². The number of alkyl halides is 1. The van der Waals surface area contributed by atoms with E-state index >= 15 is 0 Å². The van der Waals surface area contributed by atoms with E-state index in [1.807, 2.05) is 19.2 Å². The SMILES string of the molecule is CC(C)c1cc(CCl)cc(Oc2cnn(C)c2)n1. The van der Waals surface area contributed by atoms with E-state index in [9.17, 15) is 0 Å². The Morgan fingerprint density at radius 1 is 1.39 bits per heavy atom. The van der Waals surface area contributed by atoms with Crippen molar-refractivity contribution in [3.63, 3.8) is 0 Å². The van der Waals surface area contributed by atoms with Crippen LogP contribution < -0.4 is 4.74 Å². The summed E-state index contributed by atoms with van der Waals surface area (Å²) >= 11 is 5.88. The highest BCUT2D eigenvalue weighted by Gasteiger charge is 2.08. The molecular formula is C13H16ClN3O. The summed E-state index contributed by atoms with van der Waals surface area (Å²) < 4.78 is 7.36. The molecule has 0 spiro atoms. The summed E-state index contributed by atoms with van der Waals surface area (Å²) in [6, 6.07) is 3.86. The lowest BCUT2D eigenvalue weighted by Crippen LogP contribution is -1.97. The second-order valence-corrected chi connectivity index (χ2v) is 4.75. The van der Waals surface area contributed by atoms with Gasteiger partial charge in [0.15, 0.2) is 5.75 Å². The van der Waals surface area contributed by atoms with E-state index in [1.54, 1.807) is 17.1 Å². The Balaban J connectivity index is 2.29. The van der Waals surface area contributed by atoms with Crippen molar-refractivity contribution in [2.45, 2.75) is 25.6 Å². The van der Waals surface area contributed by atoms with Gasteiger partial charge in [-0.05, 0) is 17.5 Å². The molecule has 0 unspecified atom stereocenters. The molecule has 0 saturated heterocycles. The Morgan fingerprint density at radius 3 is 2.72 bits per heavy atom. The molecule has 0 radical (unpaired) electrons. The van der Waals surface area contributed by atoms with Crippen molar-refractivity contribution >= 4 is 11.6 Å². The molecule has 0 fully saturated rings. The van der Waals surface area contributed by atoms with E-state index in [2.05, 4.69) is 23.9 Å². The quantitative estimate of drug-likeness (QED) is 0.795. The molecule has 0 N–H and O–H groups in total. The van der Waals surface area contributed by atoms with Gasteiger partial charge in [0, 0.05) is 24.7 Å². The molecule has 4 nitrogen and oxygen atoms in total. The number of aromatic nitrogens is 3. The minimum Gasteiger partial charge on any atom is -0.436 e. The maximum Gasteiger partial charge on any atom is 0.219 e. The first-order valence-corrected chi connectivity index (χ1v) is 6.35. The van der Waals surface area contributed by atoms with E-state index < -0.39 is 0 Å². The Morgan fingerprint density at radius 2 is 2.17 bits per heavy atom. The van der Waals surface area contributed by atoms with Crippen LogP contribution in [0.15, 0.2) is 24.5 Å². The number of rotatable bonds is 4. The van der Waals surface area contributed by atoms with Crippen molar-refractivity contribution in [3.8, 4) is 11.6 Å². The van der Waals surface area contributed by atoms with Gasteiger partial charge in [-0.25, -0.2) is 4.98 Å². The van der Waals surface area contributed by atoms with Crippen molar-refractivity contribution in [3.05, 3.63) is 35.8 Å². The van der Waals surface area contributed by atoms with Gasteiger partial charge in [-0.15, -0.1) is 11.6 Å². The van der Waals surface area contributed by atoms with Crippen molar-refractivity contribution < 1.29 is 4.74 Å². The summed E-state index contributed by atoms with van der Waals surface area (Å²) in [5.74, 6) is 2.02. The van der Waals surface area contributed by atoms with E-state index in [-0.39, 0.29) is 0 Å². The lowest BCUT2D eigenvalue weighted by Gasteiger charge is -2.09. The molecule has 0 atom stereocenters. The van der Waals surface area contributed by atoms with Gasteiger partial charge < -0.3 is 4.74 Å². The predicted octanol–water partition coefficient (Wildman–Crippen LogP) is 3.47. The Labute approximate surface area is 112 Å². The van der Waals surface area contributed by atoms with E-state index in [1.165, 1.54) is 0 Å². The molecule has 0 aliphatic heterocycles. The maximum absolute atomic E-state index is 5.88. The standard InChI is InChI=1S/C13H16ClN3O/c1-9(2)12-4-10(6-14)5-13(16-12)18-11-7-15-17(3)8-11/h4-5,7-9H,6H2,1-3H3. The van der Waals surface area contributed by atoms with Crippen LogP contribution in [0.1, 0.15) is 31.0 Å². The fraction of sp³-hybridized carbons (Fsp3) is 0.385. The average molecular weight is 266 g/mol. The first kappa shape index (κ1) is 12.9. The van der Waals surface area contributed by atoms with E-state index in [0.717, 1.165) is 11.3 Å². The minimum absolute atomic E-state index is 0.337. The molecule has 0 amide bonds. The zero-order valence-corrected chi connectivity index (χ0v) is 11.5. The minimum atomic E-state index is 0.337. The number of hydrogen-bond acceptors (Lipinski definition) is 3. The molecule has 2 aromatic heterocycles. The molecule has 0 saturated carbocycles. The molecular weight excluding hydrogens is 250 g/mol. The molecule has 2 rings (SSSR count). The number of nitrogens with zero attached hydrogens (tertiary/aromatic N) is 3. The summed E-state index contributed by atoms with van der Waals surface area (Å²) in [6.07, 6.45) is 3.45. The van der Waals surface area contributed by atoms with Gasteiger partial charge in [-0.2, -0.15) is 5.10 Å². The topological polar surface area (TPSA) is 39.9 Å². The third-order valence-electron chi connectivity index (χ3n) is 2.53. The Kier molecular flexibility index (Phi) is 3.87. The van der Waals surface area contributed by atoms with Gasteiger partial charge in [0.05, 0.1) is 12.4 Å². The highest BCUT2D eigenvalue weighted by Crippen LogP contribution is 2.24. The zero-order valence-electron chi connectivity index (χ0n) is 10.7. The van der Waals surface area contributed by atoms with Crippen molar-refractivity contribution in [1.82, 2.24) is 14.8 Å². The van der Waals surface area contributed by atoms with Crippen LogP contribution >= 0.6 is 11.6 Å². The van der Waals surface area contributed by atoms with Gasteiger partial charge in [0.2, 0.25) is 5.88 Å². The van der Waals surface area contributed by atoms with Crippen LogP contribution in [0.3, 0.4) is 0 Å². The maximum atomic E-state index is 5.88. The number of aryl methyl sites for hydroxylation is 1. The summed E-state index contributed by atoms with van der Waals surface area (Å²) in [5.41, 5.74) is 1.99. The van der Waals surface area contributed by atoms with Crippen LogP contribution in [-0.2, 0) is 12.9 Å². The largest absolute Gasteiger partial charge is 0.436 e. The monoisotopic (exact) mass is 265 g/mol. The molecule has 0 aliphatic carbocycles. The normalized spacial score (nSPS) is 10.9. The van der Waals surface area contributed by atoms with Gasteiger partial charge in [-0.1, -0.05) is 13.8 Å². The zero-order chi connectivity index (χ0) is 13.1. The molecule has 96 valence electrons. The number of hydrogen-bond donors (Lipinski definition) is 0. The first-order valence-electron chi connectivity index (χ1n) is 5.82. The van der Waals surface area contributed by atoms with E-state index in [0.29, 0.717) is 23.4 Å². The molecule has 0 aromatic carbocycles. The average Bonchev–Trinajstić information content (AvgIpc) is 2.74. The molecule has 2 aromatic rings. The second kappa shape index (κ2) is 5.40. The lowest BCUT2D eigenvalue weighted by atomic mass is 10.1. The van der Waals surface area contributed by atoms with Gasteiger partial charge in [0.25, 0.3) is 0 Å². The number of ether oxygens (including phenoxy) is 1. The number of halogens is 1. The Hall–Kier alpha value is -1.55. The van der Waals surface area contributed by atoms with Crippen LogP contribution in [0, 0.1) is 0 Å². The fourth-order valence-corrected chi connectivity index (χ4v) is 1.73. The van der Waals surface area contributed by atoms with Crippen molar-refractivity contribution in [2.24, 2.45) is 7.05 Å². The van der Waals surface area contributed by atoms with E-state index in [4.69, 9.17) is 16.3 Å². The summed E-state index contributed by atoms with van der Waals surface area (Å²) in [6.45, 7) is 4.18. The van der Waals surface area contributed by atoms with Gasteiger partial charge in [-0.3, -0.25) is 4.68 Å². The van der Waals surface area contributed by atoms with Crippen LogP contribution in [-0.4, -0.2) is 14.8 Å². The highest BCUT2D eigenvalue weighted by molar-refractivity contribution is 6.17. The van der Waals surface area contributed by atoms with Crippen molar-refractivity contribution in [2.75, 3.05) is 0 Å². The summed E-state index contributed by atoms with van der Waals surface area (Å²) in [4.78, 5) is 4.47. The van der Waals surface area contributed by atoms with Gasteiger partial charge in [0.1, 0.15) is 0 Å². The molecule has 2 heterocycles. The van der Waals surface area contributed by atoms with Crippen LogP contribution in [0.4, 0.5) is 0 Å². The third-order valence-corrected chi connectivity index (χ3v) is 2.84. The molecule has 18 heavy (non-hydrogen) atoms. The highest BCUT2D eigenvalue weighted by atomic mass is 35.5. The number of pyridine rings is 1. The molecule has 5 heteroatoms. The van der Waals surface area contributed by atoms with Crippen molar-refractivity contribution in [1.29, 1.82) is 0 Å². The van der Waals surface area contributed by atoms with Crippen LogP contribution in [0.25, 0.3) is 0 Å². The smallest absolute Gasteiger partial charge is 0.219 e. The lowest BCUT2D eigenvalue weighted by molar-refractivity contribution is 0.458. The summed E-state index contributed by atoms with van der Waals surface area (Å²) in [7, 11) is 1.84. The molecule has 0 bridgehead atoms. The first-order chi connectivity index (χ1) is 8.58. The molecule has 0 aliphatic rings. The second-order valence-electron chi connectivity index (χ2n) is 4.48. The fourth-order valence-electron chi connectivity index (χ4n) is 1.58. The summed E-state index contributed by atoms with van der Waals surface area (Å²) in [5, 5.41) is 4.05. The predicted molar refractivity (Wildman–Crippen MR) is 71.2 cm³/mol. The Bertz CT molecular complexity index is 537. The van der Waals surface area contributed by atoms with Crippen LogP contribution in [0.5, 0.6) is 11.6 Å². The van der Waals surface area contributed by atoms with Gasteiger partial charge >= 0.3 is 0 Å².